The summed E-state index contributed by atoms with van der Waals surface area (Å²) in [6, 6.07) is 9.79. The number of hydrogen-bond donors (Lipinski definition) is 0. The van der Waals surface area contributed by atoms with Crippen LogP contribution in [0.25, 0.3) is 0 Å². The van der Waals surface area contributed by atoms with Crippen LogP contribution in [0.3, 0.4) is 0 Å². The van der Waals surface area contributed by atoms with Gasteiger partial charge >= 0.3 is 0 Å². The summed E-state index contributed by atoms with van der Waals surface area (Å²) in [4.78, 5) is 4.14. The smallest absolute Gasteiger partial charge is 0.180 e. The van der Waals surface area contributed by atoms with Gasteiger partial charge in [0.2, 0.25) is 0 Å². The van der Waals surface area contributed by atoms with Gasteiger partial charge in [0, 0.05) is 6.21 Å². The maximum Gasteiger partial charge on any atom is 0.180 e. The number of para-hydroxylation sites is 1. The van der Waals surface area contributed by atoms with Crippen molar-refractivity contribution in [1.82, 2.24) is 0 Å². The first-order chi connectivity index (χ1) is 11.0. The van der Waals surface area contributed by atoms with E-state index in [-0.39, 0.29) is 17.6 Å². The Kier molecular flexibility index (Phi) is 5.99. The third-order valence-electron chi connectivity index (χ3n) is 3.35. The fourth-order valence-electron chi connectivity index (χ4n) is 1.91. The van der Waals surface area contributed by atoms with Crippen LogP contribution in [0.5, 0.6) is 11.5 Å². The van der Waals surface area contributed by atoms with Crippen LogP contribution >= 0.6 is 11.6 Å². The van der Waals surface area contributed by atoms with Crippen molar-refractivity contribution in [3.8, 4) is 11.5 Å². The van der Waals surface area contributed by atoms with Gasteiger partial charge in [-0.25, -0.2) is 4.39 Å². The normalized spacial score (nSPS) is 12.4. The van der Waals surface area contributed by atoms with E-state index in [1.165, 1.54) is 6.07 Å². The van der Waals surface area contributed by atoms with Crippen LogP contribution in [0.2, 0.25) is 5.02 Å². The van der Waals surface area contributed by atoms with Crippen molar-refractivity contribution < 1.29 is 13.9 Å². The summed E-state index contributed by atoms with van der Waals surface area (Å²) in [6.07, 6.45) is 2.43. The lowest BCUT2D eigenvalue weighted by Crippen LogP contribution is -2.11. The highest BCUT2D eigenvalue weighted by molar-refractivity contribution is 6.32. The number of aliphatic imine (C=N–C) groups is 1. The van der Waals surface area contributed by atoms with Crippen LogP contribution in [0.15, 0.2) is 41.4 Å². The standard InChI is InChI=1S/C18H19ClFNO2/c1-4-12(2)23-18-14(19)9-13(10-17(18)22-3)11-21-16-8-6-5-7-15(16)20/h5-12H,4H2,1-3H3/t12-/m0/s1. The average molecular weight is 336 g/mol. The molecule has 0 spiro atoms. The fourth-order valence-corrected chi connectivity index (χ4v) is 2.18. The zero-order chi connectivity index (χ0) is 16.8. The Balaban J connectivity index is 2.31. The van der Waals surface area contributed by atoms with Crippen molar-refractivity contribution in [2.45, 2.75) is 26.4 Å². The van der Waals surface area contributed by atoms with Crippen molar-refractivity contribution in [2.24, 2.45) is 4.99 Å². The summed E-state index contributed by atoms with van der Waals surface area (Å²) in [5.74, 6) is 0.651. The van der Waals surface area contributed by atoms with Crippen LogP contribution in [0.1, 0.15) is 25.8 Å². The molecule has 0 radical (unpaired) electrons. The number of benzene rings is 2. The topological polar surface area (TPSA) is 30.8 Å². The van der Waals surface area contributed by atoms with E-state index in [1.807, 2.05) is 13.8 Å². The zero-order valence-electron chi connectivity index (χ0n) is 13.3. The number of ether oxygens (including phenoxy) is 2. The Morgan fingerprint density at radius 1 is 1.30 bits per heavy atom. The second-order valence-electron chi connectivity index (χ2n) is 5.08. The van der Waals surface area contributed by atoms with Crippen molar-refractivity contribution in [3.05, 3.63) is 52.8 Å². The van der Waals surface area contributed by atoms with E-state index in [1.54, 1.807) is 43.7 Å². The molecule has 23 heavy (non-hydrogen) atoms. The highest BCUT2D eigenvalue weighted by Gasteiger charge is 2.14. The Hall–Kier alpha value is -2.07. The van der Waals surface area contributed by atoms with Gasteiger partial charge in [-0.2, -0.15) is 0 Å². The second kappa shape index (κ2) is 7.97. The van der Waals surface area contributed by atoms with E-state index in [9.17, 15) is 4.39 Å². The van der Waals surface area contributed by atoms with Crippen molar-refractivity contribution in [2.75, 3.05) is 7.11 Å². The summed E-state index contributed by atoms with van der Waals surface area (Å²) in [5, 5.41) is 0.430. The SMILES string of the molecule is CC[C@H](C)Oc1c(Cl)cc(C=Nc2ccccc2F)cc1OC. The number of hydrogen-bond acceptors (Lipinski definition) is 3. The predicted molar refractivity (Wildman–Crippen MR) is 92.0 cm³/mol. The molecule has 0 amide bonds. The van der Waals surface area contributed by atoms with Gasteiger partial charge in [-0.1, -0.05) is 30.7 Å². The van der Waals surface area contributed by atoms with Gasteiger partial charge in [-0.05, 0) is 43.2 Å². The summed E-state index contributed by atoms with van der Waals surface area (Å²) >= 11 is 6.29. The van der Waals surface area contributed by atoms with E-state index < -0.39 is 0 Å². The first kappa shape index (κ1) is 17.3. The molecule has 0 aliphatic carbocycles. The van der Waals surface area contributed by atoms with Crippen LogP contribution in [0.4, 0.5) is 10.1 Å². The quantitative estimate of drug-likeness (QED) is 0.660. The minimum Gasteiger partial charge on any atom is -0.493 e. The molecule has 3 nitrogen and oxygen atoms in total. The minimum absolute atomic E-state index is 0.0272. The molecule has 0 saturated heterocycles. The molecule has 0 saturated carbocycles. The second-order valence-corrected chi connectivity index (χ2v) is 5.49. The highest BCUT2D eigenvalue weighted by atomic mass is 35.5. The monoisotopic (exact) mass is 335 g/mol. The molecular formula is C18H19ClFNO2. The van der Waals surface area contributed by atoms with Gasteiger partial charge in [0.1, 0.15) is 5.82 Å². The average Bonchev–Trinajstić information content (AvgIpc) is 2.55. The summed E-state index contributed by atoms with van der Waals surface area (Å²) in [6.45, 7) is 3.99. The van der Waals surface area contributed by atoms with Crippen molar-refractivity contribution in [3.63, 3.8) is 0 Å². The van der Waals surface area contributed by atoms with Gasteiger partial charge in [-0.15, -0.1) is 0 Å². The number of methoxy groups -OCH3 is 1. The Morgan fingerprint density at radius 3 is 2.70 bits per heavy atom. The Bertz CT molecular complexity index is 703. The fraction of sp³-hybridized carbons (Fsp3) is 0.278. The van der Waals surface area contributed by atoms with Crippen molar-refractivity contribution >= 4 is 23.5 Å². The molecule has 5 heteroatoms. The lowest BCUT2D eigenvalue weighted by atomic mass is 10.2. The molecule has 2 aromatic rings. The molecule has 122 valence electrons. The molecule has 2 aromatic carbocycles. The minimum atomic E-state index is -0.376. The van der Waals surface area contributed by atoms with Crippen LogP contribution in [-0.4, -0.2) is 19.4 Å². The van der Waals surface area contributed by atoms with Gasteiger partial charge in [0.25, 0.3) is 0 Å². The van der Waals surface area contributed by atoms with E-state index in [2.05, 4.69) is 4.99 Å². The van der Waals surface area contributed by atoms with Gasteiger partial charge in [0.05, 0.1) is 23.9 Å². The third kappa shape index (κ3) is 4.45. The maximum atomic E-state index is 13.6. The van der Waals surface area contributed by atoms with E-state index >= 15 is 0 Å². The molecule has 0 N–H and O–H groups in total. The molecule has 2 rings (SSSR count). The zero-order valence-corrected chi connectivity index (χ0v) is 14.1. The Morgan fingerprint density at radius 2 is 2.04 bits per heavy atom. The van der Waals surface area contributed by atoms with Gasteiger partial charge < -0.3 is 9.47 Å². The molecule has 0 aromatic heterocycles. The molecule has 0 bridgehead atoms. The van der Waals surface area contributed by atoms with Crippen molar-refractivity contribution in [1.29, 1.82) is 0 Å². The lowest BCUT2D eigenvalue weighted by Gasteiger charge is -2.17. The largest absolute Gasteiger partial charge is 0.493 e. The number of halogens is 2. The molecule has 0 heterocycles. The highest BCUT2D eigenvalue weighted by Crippen LogP contribution is 2.37. The third-order valence-corrected chi connectivity index (χ3v) is 3.63. The first-order valence-electron chi connectivity index (χ1n) is 7.38. The first-order valence-corrected chi connectivity index (χ1v) is 7.75. The summed E-state index contributed by atoms with van der Waals surface area (Å²) in [7, 11) is 1.55. The molecule has 0 aliphatic rings. The number of rotatable bonds is 6. The van der Waals surface area contributed by atoms with Crippen LogP contribution in [-0.2, 0) is 0 Å². The number of nitrogens with zero attached hydrogens (tertiary/aromatic N) is 1. The van der Waals surface area contributed by atoms with E-state index in [4.69, 9.17) is 21.1 Å². The Labute approximate surface area is 140 Å². The predicted octanol–water partition coefficient (Wildman–Crippen LogP) is 5.42. The van der Waals surface area contributed by atoms with E-state index in [0.29, 0.717) is 22.1 Å². The molecule has 0 fully saturated rings. The molecule has 1 atom stereocenters. The van der Waals surface area contributed by atoms with Crippen LogP contribution < -0.4 is 9.47 Å². The summed E-state index contributed by atoms with van der Waals surface area (Å²) in [5.41, 5.74) is 0.967. The van der Waals surface area contributed by atoms with Gasteiger partial charge in [-0.3, -0.25) is 4.99 Å². The maximum absolute atomic E-state index is 13.6. The van der Waals surface area contributed by atoms with Gasteiger partial charge in [0.15, 0.2) is 11.5 Å². The van der Waals surface area contributed by atoms with Crippen LogP contribution in [0, 0.1) is 5.82 Å². The van der Waals surface area contributed by atoms with E-state index in [0.717, 1.165) is 6.42 Å². The molecular weight excluding hydrogens is 317 g/mol. The molecule has 0 unspecified atom stereocenters. The summed E-state index contributed by atoms with van der Waals surface area (Å²) < 4.78 is 24.7. The lowest BCUT2D eigenvalue weighted by molar-refractivity contribution is 0.208. The molecule has 0 aliphatic heterocycles.